The molecule has 1 atom stereocenters. The largest absolute Gasteiger partial charge is 0.448 e. The number of fused-ring (bicyclic) bond motifs is 1. The lowest BCUT2D eigenvalue weighted by atomic mass is 10.1. The zero-order valence-corrected chi connectivity index (χ0v) is 14.2. The number of nitrogens with one attached hydrogen (secondary N) is 2. The molecule has 0 saturated heterocycles. The van der Waals surface area contributed by atoms with Gasteiger partial charge >= 0.3 is 5.97 Å². The van der Waals surface area contributed by atoms with Crippen LogP contribution in [-0.4, -0.2) is 23.0 Å². The molecule has 25 heavy (non-hydrogen) atoms. The van der Waals surface area contributed by atoms with Crippen LogP contribution in [0.1, 0.15) is 29.9 Å². The van der Waals surface area contributed by atoms with Gasteiger partial charge in [0.25, 0.3) is 5.91 Å². The van der Waals surface area contributed by atoms with Gasteiger partial charge in [-0.25, -0.2) is 4.79 Å². The number of H-pyrrole nitrogens is 1. The Morgan fingerprint density at radius 3 is 2.52 bits per heavy atom. The van der Waals surface area contributed by atoms with Crippen molar-refractivity contribution in [3.05, 3.63) is 65.9 Å². The molecule has 0 aliphatic heterocycles. The highest BCUT2D eigenvalue weighted by molar-refractivity contribution is 5.98. The van der Waals surface area contributed by atoms with Gasteiger partial charge in [-0.1, -0.05) is 37.3 Å². The lowest BCUT2D eigenvalue weighted by Gasteiger charge is -2.13. The summed E-state index contributed by atoms with van der Waals surface area (Å²) in [6.45, 7) is 3.62. The molecule has 0 bridgehead atoms. The molecule has 1 amide bonds. The molecule has 0 aliphatic carbocycles. The third-order valence-electron chi connectivity index (χ3n) is 4.03. The van der Waals surface area contributed by atoms with Crippen LogP contribution in [0.25, 0.3) is 10.9 Å². The highest BCUT2D eigenvalue weighted by atomic mass is 16.5. The molecule has 128 valence electrons. The fourth-order valence-corrected chi connectivity index (χ4v) is 2.53. The third kappa shape index (κ3) is 3.88. The van der Waals surface area contributed by atoms with Crippen molar-refractivity contribution in [1.29, 1.82) is 0 Å². The highest BCUT2D eigenvalue weighted by Gasteiger charge is 2.20. The Bertz CT molecular complexity index is 864. The Morgan fingerprint density at radius 2 is 1.84 bits per heavy atom. The van der Waals surface area contributed by atoms with Crippen molar-refractivity contribution in [3.63, 3.8) is 0 Å². The van der Waals surface area contributed by atoms with Crippen LogP contribution in [0.3, 0.4) is 0 Å². The smallest absolute Gasteiger partial charge is 0.355 e. The number of benzene rings is 2. The fraction of sp³-hybridized carbons (Fsp3) is 0.200. The zero-order valence-electron chi connectivity index (χ0n) is 14.2. The summed E-state index contributed by atoms with van der Waals surface area (Å²) < 4.78 is 5.26. The molecule has 0 unspecified atom stereocenters. The van der Waals surface area contributed by atoms with Gasteiger partial charge in [-0.2, -0.15) is 0 Å². The molecule has 0 spiro atoms. The average Bonchev–Trinajstić information content (AvgIpc) is 3.06. The second-order valence-electron chi connectivity index (χ2n) is 5.86. The van der Waals surface area contributed by atoms with Gasteiger partial charge in [-0.15, -0.1) is 0 Å². The second kappa shape index (κ2) is 7.21. The number of carbonyl (C=O) groups excluding carboxylic acids is 2. The minimum absolute atomic E-state index is 0.327. The Labute approximate surface area is 146 Å². The van der Waals surface area contributed by atoms with Crippen molar-refractivity contribution in [3.8, 4) is 0 Å². The molecule has 1 heterocycles. The van der Waals surface area contributed by atoms with Gasteiger partial charge in [-0.05, 0) is 43.2 Å². The lowest BCUT2D eigenvalue weighted by Crippen LogP contribution is -2.30. The van der Waals surface area contributed by atoms with E-state index < -0.39 is 12.1 Å². The number of aromatic nitrogens is 1. The molecule has 0 fully saturated rings. The van der Waals surface area contributed by atoms with E-state index in [0.29, 0.717) is 11.4 Å². The molecule has 0 saturated carbocycles. The van der Waals surface area contributed by atoms with Crippen LogP contribution >= 0.6 is 0 Å². The highest BCUT2D eigenvalue weighted by Crippen LogP contribution is 2.16. The summed E-state index contributed by atoms with van der Waals surface area (Å²) in [7, 11) is 0. The van der Waals surface area contributed by atoms with Gasteiger partial charge in [0.15, 0.2) is 6.10 Å². The first-order valence-electron chi connectivity index (χ1n) is 8.25. The summed E-state index contributed by atoms with van der Waals surface area (Å²) in [5.41, 5.74) is 3.04. The number of carbonyl (C=O) groups is 2. The molecule has 3 aromatic rings. The van der Waals surface area contributed by atoms with E-state index in [0.717, 1.165) is 17.3 Å². The molecular weight excluding hydrogens is 316 g/mol. The quantitative estimate of drug-likeness (QED) is 0.694. The van der Waals surface area contributed by atoms with Crippen molar-refractivity contribution in [2.75, 3.05) is 5.32 Å². The molecule has 3 rings (SSSR count). The second-order valence-corrected chi connectivity index (χ2v) is 5.86. The van der Waals surface area contributed by atoms with E-state index in [1.807, 2.05) is 48.5 Å². The van der Waals surface area contributed by atoms with Crippen LogP contribution in [0.4, 0.5) is 5.69 Å². The van der Waals surface area contributed by atoms with E-state index >= 15 is 0 Å². The summed E-state index contributed by atoms with van der Waals surface area (Å²) in [5.74, 6) is -0.922. The molecular formula is C20H20N2O3. The normalized spacial score (nSPS) is 11.9. The third-order valence-corrected chi connectivity index (χ3v) is 4.03. The molecule has 0 radical (unpaired) electrons. The Morgan fingerprint density at radius 1 is 1.12 bits per heavy atom. The van der Waals surface area contributed by atoms with Gasteiger partial charge in [0, 0.05) is 16.6 Å². The summed E-state index contributed by atoms with van der Waals surface area (Å²) in [6, 6.07) is 16.9. The van der Waals surface area contributed by atoms with E-state index in [9.17, 15) is 9.59 Å². The van der Waals surface area contributed by atoms with Gasteiger partial charge < -0.3 is 15.0 Å². The first-order chi connectivity index (χ1) is 12.1. The lowest BCUT2D eigenvalue weighted by molar-refractivity contribution is -0.123. The number of aromatic amines is 1. The van der Waals surface area contributed by atoms with E-state index in [-0.39, 0.29) is 5.91 Å². The number of amides is 1. The monoisotopic (exact) mass is 336 g/mol. The van der Waals surface area contributed by atoms with Gasteiger partial charge in [0.1, 0.15) is 5.69 Å². The minimum Gasteiger partial charge on any atom is -0.448 e. The van der Waals surface area contributed by atoms with Crippen LogP contribution in [0.15, 0.2) is 54.6 Å². The van der Waals surface area contributed by atoms with Gasteiger partial charge in [0.05, 0.1) is 0 Å². The van der Waals surface area contributed by atoms with Crippen LogP contribution in [-0.2, 0) is 16.0 Å². The summed E-state index contributed by atoms with van der Waals surface area (Å²) >= 11 is 0. The minimum atomic E-state index is -0.898. The number of anilines is 1. The van der Waals surface area contributed by atoms with Gasteiger partial charge in [-0.3, -0.25) is 4.79 Å². The maximum absolute atomic E-state index is 12.2. The maximum Gasteiger partial charge on any atom is 0.355 e. The molecule has 0 aliphatic rings. The molecule has 1 aromatic heterocycles. The van der Waals surface area contributed by atoms with Crippen LogP contribution in [0, 0.1) is 0 Å². The zero-order chi connectivity index (χ0) is 17.8. The van der Waals surface area contributed by atoms with E-state index in [1.165, 1.54) is 5.56 Å². The van der Waals surface area contributed by atoms with Crippen LogP contribution < -0.4 is 5.32 Å². The van der Waals surface area contributed by atoms with Crippen molar-refractivity contribution in [2.45, 2.75) is 26.4 Å². The number of hydrogen-bond donors (Lipinski definition) is 2. The first kappa shape index (κ1) is 16.8. The number of hydrogen-bond acceptors (Lipinski definition) is 3. The summed E-state index contributed by atoms with van der Waals surface area (Å²) in [5, 5.41) is 3.67. The Balaban J connectivity index is 1.62. The molecule has 2 aromatic carbocycles. The van der Waals surface area contributed by atoms with Crippen molar-refractivity contribution in [1.82, 2.24) is 4.98 Å². The van der Waals surface area contributed by atoms with Crippen molar-refractivity contribution < 1.29 is 14.3 Å². The van der Waals surface area contributed by atoms with E-state index in [2.05, 4.69) is 17.2 Å². The van der Waals surface area contributed by atoms with Gasteiger partial charge in [0.2, 0.25) is 0 Å². The number of rotatable bonds is 5. The topological polar surface area (TPSA) is 71.2 Å². The van der Waals surface area contributed by atoms with Crippen molar-refractivity contribution in [2.24, 2.45) is 0 Å². The number of para-hydroxylation sites is 1. The Kier molecular flexibility index (Phi) is 4.84. The Hall–Kier alpha value is -3.08. The predicted octanol–water partition coefficient (Wildman–Crippen LogP) is 3.91. The average molecular weight is 336 g/mol. The SMILES string of the molecule is CCc1ccc(NC(=O)[C@H](C)OC(=O)c2cc3ccccc3[nH]2)cc1. The molecule has 2 N–H and O–H groups in total. The number of ether oxygens (including phenoxy) is 1. The van der Waals surface area contributed by atoms with Crippen LogP contribution in [0.2, 0.25) is 0 Å². The van der Waals surface area contributed by atoms with Crippen molar-refractivity contribution >= 4 is 28.5 Å². The van der Waals surface area contributed by atoms with E-state index in [4.69, 9.17) is 4.74 Å². The first-order valence-corrected chi connectivity index (χ1v) is 8.25. The van der Waals surface area contributed by atoms with E-state index in [1.54, 1.807) is 13.0 Å². The summed E-state index contributed by atoms with van der Waals surface area (Å²) in [4.78, 5) is 27.4. The number of aryl methyl sites for hydroxylation is 1. The predicted molar refractivity (Wildman–Crippen MR) is 97.6 cm³/mol. The summed E-state index contributed by atoms with van der Waals surface area (Å²) in [6.07, 6.45) is 0.0389. The molecule has 5 nitrogen and oxygen atoms in total. The standard InChI is InChI=1S/C20H20N2O3/c1-3-14-8-10-16(11-9-14)21-19(23)13(2)25-20(24)18-12-15-6-4-5-7-17(15)22-18/h4-13,22H,3H2,1-2H3,(H,21,23)/t13-/m0/s1. The number of esters is 1. The maximum atomic E-state index is 12.2. The van der Waals surface area contributed by atoms with Crippen LogP contribution in [0.5, 0.6) is 0 Å². The molecule has 5 heteroatoms. The fourth-order valence-electron chi connectivity index (χ4n) is 2.53.